The number of urea groups is 1. The van der Waals surface area contributed by atoms with Crippen LogP contribution in [0.5, 0.6) is 0 Å². The summed E-state index contributed by atoms with van der Waals surface area (Å²) in [6, 6.07) is 0.326. The van der Waals surface area contributed by atoms with E-state index in [2.05, 4.69) is 10.2 Å². The number of amides is 2. The van der Waals surface area contributed by atoms with Crippen molar-refractivity contribution < 1.29 is 19.4 Å². The minimum atomic E-state index is -0.923. The summed E-state index contributed by atoms with van der Waals surface area (Å²) in [5.74, 6) is -0.923. The van der Waals surface area contributed by atoms with Gasteiger partial charge in [0.1, 0.15) is 0 Å². The van der Waals surface area contributed by atoms with Crippen LogP contribution < -0.4 is 5.32 Å². The lowest BCUT2D eigenvalue weighted by molar-refractivity contribution is -0.149. The molecule has 3 atom stereocenters. The van der Waals surface area contributed by atoms with Crippen molar-refractivity contribution in [1.29, 1.82) is 0 Å². The zero-order valence-corrected chi connectivity index (χ0v) is 12.7. The summed E-state index contributed by atoms with van der Waals surface area (Å²) in [5, 5.41) is 11.7. The molecule has 0 spiro atoms. The molecule has 2 amide bonds. The number of ether oxygens (including phenoxy) is 1. The Balaban J connectivity index is 1.73. The van der Waals surface area contributed by atoms with Gasteiger partial charge in [0.15, 0.2) is 6.10 Å². The van der Waals surface area contributed by atoms with Crippen molar-refractivity contribution in [3.05, 3.63) is 0 Å². The van der Waals surface area contributed by atoms with Gasteiger partial charge in [-0.3, -0.25) is 0 Å². The van der Waals surface area contributed by atoms with Crippen molar-refractivity contribution in [2.24, 2.45) is 0 Å². The molecular weight excluding hydrogens is 274 g/mol. The first-order valence-corrected chi connectivity index (χ1v) is 7.55. The van der Waals surface area contributed by atoms with Gasteiger partial charge in [-0.05, 0) is 39.8 Å². The topological polar surface area (TPSA) is 82.1 Å². The SMILES string of the molecule is CN(C)C1CCCN(C(=O)NCC2CCC(C(=O)O)O2)C1. The van der Waals surface area contributed by atoms with E-state index in [1.54, 1.807) is 0 Å². The van der Waals surface area contributed by atoms with Crippen LogP contribution in [0.4, 0.5) is 4.79 Å². The third kappa shape index (κ3) is 4.31. The maximum atomic E-state index is 12.2. The number of hydrogen-bond acceptors (Lipinski definition) is 4. The number of nitrogens with one attached hydrogen (secondary N) is 1. The summed E-state index contributed by atoms with van der Waals surface area (Å²) in [6.07, 6.45) is 2.41. The van der Waals surface area contributed by atoms with Crippen LogP contribution >= 0.6 is 0 Å². The molecule has 2 fully saturated rings. The molecule has 2 rings (SSSR count). The third-order valence-corrected chi connectivity index (χ3v) is 4.28. The zero-order valence-electron chi connectivity index (χ0n) is 12.7. The molecular formula is C14H25N3O4. The number of carboxylic acids is 1. The second-order valence-electron chi connectivity index (χ2n) is 6.05. The zero-order chi connectivity index (χ0) is 15.4. The number of likely N-dealkylation sites (tertiary alicyclic amines) is 1. The highest BCUT2D eigenvalue weighted by Crippen LogP contribution is 2.19. The molecule has 21 heavy (non-hydrogen) atoms. The lowest BCUT2D eigenvalue weighted by atomic mass is 10.1. The number of hydrogen-bond donors (Lipinski definition) is 2. The second-order valence-corrected chi connectivity index (χ2v) is 6.05. The van der Waals surface area contributed by atoms with Gasteiger partial charge in [-0.1, -0.05) is 0 Å². The minimum Gasteiger partial charge on any atom is -0.479 e. The average Bonchev–Trinajstić information content (AvgIpc) is 2.94. The Kier molecular flexibility index (Phi) is 5.41. The quantitative estimate of drug-likeness (QED) is 0.783. The van der Waals surface area contributed by atoms with E-state index in [1.165, 1.54) is 0 Å². The molecule has 0 aromatic rings. The van der Waals surface area contributed by atoms with E-state index in [0.29, 0.717) is 25.4 Å². The molecule has 0 saturated carbocycles. The van der Waals surface area contributed by atoms with E-state index in [9.17, 15) is 9.59 Å². The van der Waals surface area contributed by atoms with Gasteiger partial charge >= 0.3 is 12.0 Å². The number of carboxylic acid groups (broad SMARTS) is 1. The molecule has 120 valence electrons. The van der Waals surface area contributed by atoms with Crippen LogP contribution in [-0.4, -0.2) is 78.9 Å². The van der Waals surface area contributed by atoms with E-state index >= 15 is 0 Å². The Hall–Kier alpha value is -1.34. The highest BCUT2D eigenvalue weighted by Gasteiger charge is 2.31. The lowest BCUT2D eigenvalue weighted by Gasteiger charge is -2.36. The summed E-state index contributed by atoms with van der Waals surface area (Å²) in [4.78, 5) is 27.0. The Morgan fingerprint density at radius 2 is 2.10 bits per heavy atom. The Morgan fingerprint density at radius 3 is 2.71 bits per heavy atom. The van der Waals surface area contributed by atoms with Crippen molar-refractivity contribution in [3.63, 3.8) is 0 Å². The first-order chi connectivity index (χ1) is 9.97. The first kappa shape index (κ1) is 16.0. The fourth-order valence-corrected chi connectivity index (χ4v) is 2.91. The monoisotopic (exact) mass is 299 g/mol. The van der Waals surface area contributed by atoms with Gasteiger partial charge in [0.2, 0.25) is 0 Å². The number of carbonyl (C=O) groups is 2. The summed E-state index contributed by atoms with van der Waals surface area (Å²) in [5.41, 5.74) is 0. The van der Waals surface area contributed by atoms with E-state index in [-0.39, 0.29) is 12.1 Å². The molecule has 2 saturated heterocycles. The normalized spacial score (nSPS) is 29.7. The maximum Gasteiger partial charge on any atom is 0.332 e. The molecule has 2 heterocycles. The molecule has 0 aromatic carbocycles. The van der Waals surface area contributed by atoms with Crippen molar-refractivity contribution in [2.45, 2.75) is 43.9 Å². The Bertz CT molecular complexity index is 388. The van der Waals surface area contributed by atoms with Gasteiger partial charge in [-0.15, -0.1) is 0 Å². The number of piperidine rings is 1. The van der Waals surface area contributed by atoms with E-state index in [0.717, 1.165) is 25.9 Å². The molecule has 7 nitrogen and oxygen atoms in total. The van der Waals surface area contributed by atoms with Crippen LogP contribution in [0.1, 0.15) is 25.7 Å². The highest BCUT2D eigenvalue weighted by molar-refractivity contribution is 5.74. The average molecular weight is 299 g/mol. The Labute approximate surface area is 125 Å². The number of aliphatic carboxylic acids is 1. The maximum absolute atomic E-state index is 12.2. The fourth-order valence-electron chi connectivity index (χ4n) is 2.91. The molecule has 0 bridgehead atoms. The number of nitrogens with zero attached hydrogens (tertiary/aromatic N) is 2. The first-order valence-electron chi connectivity index (χ1n) is 7.55. The van der Waals surface area contributed by atoms with Crippen LogP contribution in [0, 0.1) is 0 Å². The highest BCUT2D eigenvalue weighted by atomic mass is 16.5. The van der Waals surface area contributed by atoms with Gasteiger partial charge in [0.25, 0.3) is 0 Å². The molecule has 0 aromatic heterocycles. The van der Waals surface area contributed by atoms with Gasteiger partial charge in [0.05, 0.1) is 6.10 Å². The predicted octanol–water partition coefficient (Wildman–Crippen LogP) is 0.354. The summed E-state index contributed by atoms with van der Waals surface area (Å²) in [6.45, 7) is 1.90. The number of rotatable bonds is 4. The second kappa shape index (κ2) is 7.09. The molecule has 2 aliphatic rings. The van der Waals surface area contributed by atoms with Crippen LogP contribution in [0.15, 0.2) is 0 Å². The van der Waals surface area contributed by atoms with Crippen molar-refractivity contribution in [3.8, 4) is 0 Å². The molecule has 2 aliphatic heterocycles. The van der Waals surface area contributed by atoms with Crippen LogP contribution in [0.3, 0.4) is 0 Å². The molecule has 0 aliphatic carbocycles. The number of carbonyl (C=O) groups excluding carboxylic acids is 1. The minimum absolute atomic E-state index is 0.0797. The number of likely N-dealkylation sites (N-methyl/N-ethyl adjacent to an activating group) is 1. The molecule has 7 heteroatoms. The standard InChI is InChI=1S/C14H25N3O4/c1-16(2)10-4-3-7-17(9-10)14(20)15-8-11-5-6-12(21-11)13(18)19/h10-12H,3-9H2,1-2H3,(H,15,20)(H,18,19). The third-order valence-electron chi connectivity index (χ3n) is 4.28. The van der Waals surface area contributed by atoms with Gasteiger partial charge in [-0.25, -0.2) is 9.59 Å². The van der Waals surface area contributed by atoms with Crippen molar-refractivity contribution >= 4 is 12.0 Å². The van der Waals surface area contributed by atoms with Crippen LogP contribution in [0.25, 0.3) is 0 Å². The molecule has 3 unspecified atom stereocenters. The van der Waals surface area contributed by atoms with E-state index in [4.69, 9.17) is 9.84 Å². The summed E-state index contributed by atoms with van der Waals surface area (Å²) in [7, 11) is 4.06. The molecule has 2 N–H and O–H groups in total. The fraction of sp³-hybridized carbons (Fsp3) is 0.857. The van der Waals surface area contributed by atoms with Crippen molar-refractivity contribution in [2.75, 3.05) is 33.7 Å². The van der Waals surface area contributed by atoms with Crippen LogP contribution in [-0.2, 0) is 9.53 Å². The van der Waals surface area contributed by atoms with E-state index in [1.807, 2.05) is 19.0 Å². The smallest absolute Gasteiger partial charge is 0.332 e. The van der Waals surface area contributed by atoms with Gasteiger partial charge < -0.3 is 25.0 Å². The predicted molar refractivity (Wildman–Crippen MR) is 77.2 cm³/mol. The van der Waals surface area contributed by atoms with Gasteiger partial charge in [-0.2, -0.15) is 0 Å². The molecule has 0 radical (unpaired) electrons. The summed E-state index contributed by atoms with van der Waals surface area (Å²) >= 11 is 0. The van der Waals surface area contributed by atoms with Crippen molar-refractivity contribution in [1.82, 2.24) is 15.1 Å². The van der Waals surface area contributed by atoms with E-state index < -0.39 is 12.1 Å². The van der Waals surface area contributed by atoms with Gasteiger partial charge in [0, 0.05) is 25.7 Å². The largest absolute Gasteiger partial charge is 0.479 e. The Morgan fingerprint density at radius 1 is 1.33 bits per heavy atom. The lowest BCUT2D eigenvalue weighted by Crippen LogP contribution is -2.51. The summed E-state index contributed by atoms with van der Waals surface area (Å²) < 4.78 is 5.38. The van der Waals surface area contributed by atoms with Crippen LogP contribution in [0.2, 0.25) is 0 Å².